The Morgan fingerprint density at radius 2 is 2.14 bits per heavy atom. The fourth-order valence-electron chi connectivity index (χ4n) is 1.83. The van der Waals surface area contributed by atoms with E-state index in [1.807, 2.05) is 6.07 Å². The third kappa shape index (κ3) is 1.74. The van der Waals surface area contributed by atoms with Crippen LogP contribution in [0.1, 0.15) is 12.0 Å². The molecule has 0 unspecified atom stereocenters. The zero-order valence-corrected chi connectivity index (χ0v) is 8.53. The second kappa shape index (κ2) is 3.74. The van der Waals surface area contributed by atoms with E-state index in [1.165, 1.54) is 11.3 Å². The van der Waals surface area contributed by atoms with Crippen molar-refractivity contribution >= 4 is 11.4 Å². The second-order valence-corrected chi connectivity index (χ2v) is 3.75. The molecule has 0 radical (unpaired) electrons. The van der Waals surface area contributed by atoms with Gasteiger partial charge in [-0.1, -0.05) is 18.2 Å². The Kier molecular flexibility index (Phi) is 2.44. The van der Waals surface area contributed by atoms with Crippen molar-refractivity contribution in [2.24, 2.45) is 0 Å². The van der Waals surface area contributed by atoms with Gasteiger partial charge in [-0.25, -0.2) is 0 Å². The maximum atomic E-state index is 5.79. The van der Waals surface area contributed by atoms with Gasteiger partial charge in [-0.3, -0.25) is 0 Å². The van der Waals surface area contributed by atoms with E-state index in [9.17, 15) is 0 Å². The van der Waals surface area contributed by atoms with Crippen LogP contribution in [0, 0.1) is 6.92 Å². The normalized spacial score (nSPS) is 15.9. The number of benzene rings is 1. The van der Waals surface area contributed by atoms with Gasteiger partial charge in [0.15, 0.2) is 0 Å². The van der Waals surface area contributed by atoms with E-state index in [2.05, 4.69) is 36.1 Å². The van der Waals surface area contributed by atoms with E-state index in [-0.39, 0.29) is 0 Å². The largest absolute Gasteiger partial charge is 0.399 e. The lowest BCUT2D eigenvalue weighted by Crippen LogP contribution is -2.27. The summed E-state index contributed by atoms with van der Waals surface area (Å²) in [4.78, 5) is 2.37. The number of nitrogen functional groups attached to an aromatic ring is 1. The van der Waals surface area contributed by atoms with Gasteiger partial charge in [0.2, 0.25) is 0 Å². The summed E-state index contributed by atoms with van der Waals surface area (Å²) in [6.07, 6.45) is 5.58. The highest BCUT2D eigenvalue weighted by molar-refractivity contribution is 5.61. The van der Waals surface area contributed by atoms with Gasteiger partial charge in [-0.05, 0) is 31.0 Å². The minimum atomic E-state index is 0.847. The number of hydrogen-bond acceptors (Lipinski definition) is 2. The maximum absolute atomic E-state index is 5.79. The zero-order valence-electron chi connectivity index (χ0n) is 8.53. The molecule has 1 heterocycles. The molecule has 1 aliphatic heterocycles. The molecule has 1 aromatic carbocycles. The number of anilines is 2. The molecule has 0 fully saturated rings. The molecule has 1 aromatic rings. The van der Waals surface area contributed by atoms with Gasteiger partial charge in [0.25, 0.3) is 0 Å². The summed E-state index contributed by atoms with van der Waals surface area (Å²) in [5, 5.41) is 0. The number of aryl methyl sites for hydroxylation is 1. The van der Waals surface area contributed by atoms with Gasteiger partial charge >= 0.3 is 0 Å². The molecular weight excluding hydrogens is 172 g/mol. The average Bonchev–Trinajstić information content (AvgIpc) is 2.23. The van der Waals surface area contributed by atoms with E-state index in [1.54, 1.807) is 0 Å². The van der Waals surface area contributed by atoms with Crippen LogP contribution in [0.25, 0.3) is 0 Å². The monoisotopic (exact) mass is 188 g/mol. The molecule has 0 bridgehead atoms. The highest BCUT2D eigenvalue weighted by Gasteiger charge is 2.09. The minimum Gasteiger partial charge on any atom is -0.399 e. The Morgan fingerprint density at radius 1 is 1.29 bits per heavy atom. The topological polar surface area (TPSA) is 29.3 Å². The number of nitrogens with zero attached hydrogens (tertiary/aromatic N) is 1. The van der Waals surface area contributed by atoms with Crippen LogP contribution in [0.15, 0.2) is 30.4 Å². The van der Waals surface area contributed by atoms with Crippen LogP contribution in [0.3, 0.4) is 0 Å². The summed E-state index contributed by atoms with van der Waals surface area (Å²) in [7, 11) is 0. The fraction of sp³-hybridized carbons (Fsp3) is 0.333. The summed E-state index contributed by atoms with van der Waals surface area (Å²) in [5.74, 6) is 0. The summed E-state index contributed by atoms with van der Waals surface area (Å²) in [5.41, 5.74) is 9.21. The number of hydrogen-bond donors (Lipinski definition) is 1. The van der Waals surface area contributed by atoms with Crippen molar-refractivity contribution in [2.75, 3.05) is 23.7 Å². The lowest BCUT2D eigenvalue weighted by Gasteiger charge is -2.27. The van der Waals surface area contributed by atoms with Crippen LogP contribution < -0.4 is 10.6 Å². The smallest absolute Gasteiger partial charge is 0.0419 e. The maximum Gasteiger partial charge on any atom is 0.0419 e. The predicted octanol–water partition coefficient (Wildman–Crippen LogP) is 2.34. The Morgan fingerprint density at radius 3 is 2.86 bits per heavy atom. The lowest BCUT2D eigenvalue weighted by molar-refractivity contribution is 0.818. The van der Waals surface area contributed by atoms with E-state index in [0.29, 0.717) is 0 Å². The van der Waals surface area contributed by atoms with Crippen molar-refractivity contribution < 1.29 is 0 Å². The van der Waals surface area contributed by atoms with Crippen LogP contribution in [0.2, 0.25) is 0 Å². The number of nitrogens with two attached hydrogens (primary N) is 1. The van der Waals surface area contributed by atoms with Crippen LogP contribution in [-0.4, -0.2) is 13.1 Å². The average molecular weight is 188 g/mol. The molecule has 2 nitrogen and oxygen atoms in total. The van der Waals surface area contributed by atoms with E-state index in [0.717, 1.165) is 25.2 Å². The lowest BCUT2D eigenvalue weighted by atomic mass is 10.1. The Labute approximate surface area is 85.0 Å². The van der Waals surface area contributed by atoms with Gasteiger partial charge in [0.1, 0.15) is 0 Å². The molecule has 2 rings (SSSR count). The number of rotatable bonds is 1. The Bertz CT molecular complexity index is 355. The highest BCUT2D eigenvalue weighted by Crippen LogP contribution is 2.24. The Hall–Kier alpha value is -1.44. The van der Waals surface area contributed by atoms with Crippen LogP contribution in [0.4, 0.5) is 11.4 Å². The predicted molar refractivity (Wildman–Crippen MR) is 61.6 cm³/mol. The third-order valence-corrected chi connectivity index (χ3v) is 2.63. The fourth-order valence-corrected chi connectivity index (χ4v) is 1.83. The summed E-state index contributed by atoms with van der Waals surface area (Å²) >= 11 is 0. The molecule has 0 aliphatic carbocycles. The van der Waals surface area contributed by atoms with Crippen LogP contribution >= 0.6 is 0 Å². The van der Waals surface area contributed by atoms with Crippen molar-refractivity contribution in [3.8, 4) is 0 Å². The molecular formula is C12H16N2. The Balaban J connectivity index is 2.30. The molecule has 0 spiro atoms. The minimum absolute atomic E-state index is 0.847. The first-order valence-electron chi connectivity index (χ1n) is 5.03. The van der Waals surface area contributed by atoms with E-state index in [4.69, 9.17) is 5.73 Å². The van der Waals surface area contributed by atoms with Gasteiger partial charge in [0, 0.05) is 24.5 Å². The van der Waals surface area contributed by atoms with Crippen molar-refractivity contribution in [1.82, 2.24) is 0 Å². The first-order valence-corrected chi connectivity index (χ1v) is 5.03. The highest BCUT2D eigenvalue weighted by atomic mass is 15.1. The van der Waals surface area contributed by atoms with Gasteiger partial charge < -0.3 is 10.6 Å². The van der Waals surface area contributed by atoms with Crippen LogP contribution in [-0.2, 0) is 0 Å². The molecule has 14 heavy (non-hydrogen) atoms. The zero-order chi connectivity index (χ0) is 9.97. The molecule has 0 saturated heterocycles. The summed E-state index contributed by atoms with van der Waals surface area (Å²) in [6, 6.07) is 6.11. The van der Waals surface area contributed by atoms with Crippen LogP contribution in [0.5, 0.6) is 0 Å². The molecule has 2 N–H and O–H groups in total. The molecule has 0 saturated carbocycles. The van der Waals surface area contributed by atoms with E-state index < -0.39 is 0 Å². The molecule has 74 valence electrons. The van der Waals surface area contributed by atoms with Gasteiger partial charge in [-0.15, -0.1) is 0 Å². The quantitative estimate of drug-likeness (QED) is 0.541. The van der Waals surface area contributed by atoms with Gasteiger partial charge in [-0.2, -0.15) is 0 Å². The SMILES string of the molecule is Cc1ccc(N)cc1N1CC=CCC1. The van der Waals surface area contributed by atoms with Gasteiger partial charge in [0.05, 0.1) is 0 Å². The first-order chi connectivity index (χ1) is 6.77. The van der Waals surface area contributed by atoms with Crippen molar-refractivity contribution in [2.45, 2.75) is 13.3 Å². The second-order valence-electron chi connectivity index (χ2n) is 3.75. The molecule has 2 heteroatoms. The van der Waals surface area contributed by atoms with Crippen molar-refractivity contribution in [3.63, 3.8) is 0 Å². The van der Waals surface area contributed by atoms with Crippen molar-refractivity contribution in [3.05, 3.63) is 35.9 Å². The molecule has 1 aliphatic rings. The summed E-state index contributed by atoms with van der Waals surface area (Å²) in [6.45, 7) is 4.23. The molecule has 0 aromatic heterocycles. The third-order valence-electron chi connectivity index (χ3n) is 2.63. The van der Waals surface area contributed by atoms with E-state index >= 15 is 0 Å². The molecule has 0 atom stereocenters. The first kappa shape index (κ1) is 9.13. The van der Waals surface area contributed by atoms with Crippen molar-refractivity contribution in [1.29, 1.82) is 0 Å². The molecule has 0 amide bonds. The summed E-state index contributed by atoms with van der Waals surface area (Å²) < 4.78 is 0. The standard InChI is InChI=1S/C12H16N2/c1-10-5-6-11(13)9-12(10)14-7-3-2-4-8-14/h2-3,5-6,9H,4,7-8,13H2,1H3.